The Kier molecular flexibility index (Phi) is 6.17. The number of carbonyl (C=O) groups excluding carboxylic acids is 1. The lowest BCUT2D eigenvalue weighted by molar-refractivity contribution is 0.183. The number of hydrogen-bond acceptors (Lipinski definition) is 7. The minimum Gasteiger partial charge on any atom is -0.502 e. The van der Waals surface area contributed by atoms with Crippen molar-refractivity contribution < 1.29 is 28.5 Å². The van der Waals surface area contributed by atoms with E-state index in [1.807, 2.05) is 0 Å². The maximum absolute atomic E-state index is 14.2. The van der Waals surface area contributed by atoms with Gasteiger partial charge < -0.3 is 19.3 Å². The van der Waals surface area contributed by atoms with Crippen LogP contribution >= 0.6 is 11.8 Å². The number of hydrogen-bond donors (Lipinski definition) is 2. The Labute approximate surface area is 130 Å². The van der Waals surface area contributed by atoms with Crippen LogP contribution in [0.2, 0.25) is 0 Å². The van der Waals surface area contributed by atoms with Gasteiger partial charge in [0.05, 0.1) is 27.0 Å². The minimum atomic E-state index is -1.07. The number of amides is 1. The highest BCUT2D eigenvalue weighted by atomic mass is 32.2. The van der Waals surface area contributed by atoms with E-state index in [9.17, 15) is 14.3 Å². The van der Waals surface area contributed by atoms with Gasteiger partial charge in [-0.15, -0.1) is 11.8 Å². The average Bonchev–Trinajstić information content (AvgIpc) is 2.53. The number of ether oxygens (including phenoxy) is 3. The summed E-state index contributed by atoms with van der Waals surface area (Å²) in [5.41, 5.74) is -0.682. The van der Waals surface area contributed by atoms with Gasteiger partial charge in [0, 0.05) is 5.56 Å². The molecule has 22 heavy (non-hydrogen) atoms. The quantitative estimate of drug-likeness (QED) is 0.649. The third-order valence-electron chi connectivity index (χ3n) is 2.63. The van der Waals surface area contributed by atoms with E-state index in [0.717, 1.165) is 18.9 Å². The molecule has 0 aliphatic rings. The summed E-state index contributed by atoms with van der Waals surface area (Å²) in [6.07, 6.45) is 0.647. The van der Waals surface area contributed by atoms with Gasteiger partial charge in [0.15, 0.2) is 17.3 Å². The van der Waals surface area contributed by atoms with Gasteiger partial charge in [0.25, 0.3) is 0 Å². The number of halogens is 1. The lowest BCUT2D eigenvalue weighted by atomic mass is 10.1. The zero-order valence-electron chi connectivity index (χ0n) is 12.4. The third-order valence-corrected chi connectivity index (χ3v) is 3.31. The van der Waals surface area contributed by atoms with Crippen LogP contribution in [0.5, 0.6) is 17.2 Å². The molecule has 0 heterocycles. The number of thioether (sulfide) groups is 1. The van der Waals surface area contributed by atoms with E-state index in [1.54, 1.807) is 6.26 Å². The van der Waals surface area contributed by atoms with Gasteiger partial charge in [-0.2, -0.15) is 4.99 Å². The summed E-state index contributed by atoms with van der Waals surface area (Å²) in [4.78, 5) is 14.7. The molecule has 0 saturated carbocycles. The number of nitrogens with zero attached hydrogens (tertiary/aromatic N) is 1. The maximum Gasteiger partial charge on any atom is 0.434 e. The molecule has 0 radical (unpaired) electrons. The van der Waals surface area contributed by atoms with Crippen molar-refractivity contribution >= 4 is 28.6 Å². The predicted octanol–water partition coefficient (Wildman–Crippen LogP) is 2.44. The lowest BCUT2D eigenvalue weighted by Crippen LogP contribution is -2.15. The van der Waals surface area contributed by atoms with Gasteiger partial charge in [0.2, 0.25) is 5.75 Å². The smallest absolute Gasteiger partial charge is 0.434 e. The average molecular weight is 330 g/mol. The Morgan fingerprint density at radius 2 is 2.00 bits per heavy atom. The second-order valence-electron chi connectivity index (χ2n) is 3.79. The summed E-state index contributed by atoms with van der Waals surface area (Å²) in [5.74, 6) is -2.01. The van der Waals surface area contributed by atoms with Crippen LogP contribution in [0.1, 0.15) is 5.56 Å². The molecule has 1 aromatic carbocycles. The van der Waals surface area contributed by atoms with Crippen LogP contribution in [0.3, 0.4) is 0 Å². The summed E-state index contributed by atoms with van der Waals surface area (Å²) < 4.78 is 28.5. The van der Waals surface area contributed by atoms with Gasteiger partial charge in [-0.3, -0.25) is 5.41 Å². The standard InChI is InChI=1S/C13H15FN2O5S/c1-19-7-5-6(8(14)10(17)11(7)20-2)9(15)12(22-4)16-13(18)21-3/h5,15,17H,1-4H3. The fourth-order valence-corrected chi connectivity index (χ4v) is 2.06. The first-order valence-corrected chi connectivity index (χ1v) is 7.07. The van der Waals surface area contributed by atoms with E-state index in [0.29, 0.717) is 0 Å². The second-order valence-corrected chi connectivity index (χ2v) is 4.58. The minimum absolute atomic E-state index is 0.0414. The monoisotopic (exact) mass is 330 g/mol. The number of phenols is 1. The molecular formula is C13H15FN2O5S. The van der Waals surface area contributed by atoms with Crippen LogP contribution in [0, 0.1) is 11.2 Å². The summed E-state index contributed by atoms with van der Waals surface area (Å²) in [6, 6.07) is 1.18. The summed E-state index contributed by atoms with van der Waals surface area (Å²) >= 11 is 0.959. The van der Waals surface area contributed by atoms with Crippen LogP contribution in [0.4, 0.5) is 9.18 Å². The van der Waals surface area contributed by atoms with Crippen LogP contribution in [0.25, 0.3) is 0 Å². The van der Waals surface area contributed by atoms with Gasteiger partial charge in [-0.05, 0) is 12.3 Å². The number of aromatic hydroxyl groups is 1. The molecule has 0 fully saturated rings. The van der Waals surface area contributed by atoms with Gasteiger partial charge in [0.1, 0.15) is 5.04 Å². The molecule has 0 spiro atoms. The van der Waals surface area contributed by atoms with E-state index in [-0.39, 0.29) is 22.1 Å². The molecule has 0 bridgehead atoms. The van der Waals surface area contributed by atoms with Gasteiger partial charge in [-0.25, -0.2) is 9.18 Å². The topological polar surface area (TPSA) is 101 Å². The number of rotatable bonds is 4. The molecule has 1 amide bonds. The second kappa shape index (κ2) is 7.64. The highest BCUT2D eigenvalue weighted by Crippen LogP contribution is 2.40. The highest BCUT2D eigenvalue weighted by Gasteiger charge is 2.24. The van der Waals surface area contributed by atoms with E-state index in [2.05, 4.69) is 9.73 Å². The predicted molar refractivity (Wildman–Crippen MR) is 81.4 cm³/mol. The van der Waals surface area contributed by atoms with Crippen molar-refractivity contribution in [2.24, 2.45) is 4.99 Å². The number of carbonyl (C=O) groups is 1. The van der Waals surface area contributed by atoms with Crippen molar-refractivity contribution in [2.75, 3.05) is 27.6 Å². The largest absolute Gasteiger partial charge is 0.502 e. The van der Waals surface area contributed by atoms with Gasteiger partial charge in [-0.1, -0.05) is 0 Å². The molecule has 0 saturated heterocycles. The van der Waals surface area contributed by atoms with Crippen molar-refractivity contribution in [3.8, 4) is 17.2 Å². The van der Waals surface area contributed by atoms with Crippen LogP contribution in [-0.2, 0) is 4.74 Å². The zero-order chi connectivity index (χ0) is 16.9. The fourth-order valence-electron chi connectivity index (χ4n) is 1.58. The molecule has 7 nitrogen and oxygen atoms in total. The summed E-state index contributed by atoms with van der Waals surface area (Å²) in [7, 11) is 3.69. The van der Waals surface area contributed by atoms with Crippen molar-refractivity contribution in [2.45, 2.75) is 0 Å². The van der Waals surface area contributed by atoms with Crippen molar-refractivity contribution in [1.82, 2.24) is 0 Å². The van der Waals surface area contributed by atoms with Crippen LogP contribution in [-0.4, -0.2) is 49.5 Å². The Balaban J connectivity index is 3.43. The molecule has 9 heteroatoms. The van der Waals surface area contributed by atoms with Crippen LogP contribution < -0.4 is 9.47 Å². The molecular weight excluding hydrogens is 315 g/mol. The van der Waals surface area contributed by atoms with E-state index < -0.39 is 23.4 Å². The van der Waals surface area contributed by atoms with Crippen molar-refractivity contribution in [3.05, 3.63) is 17.4 Å². The first kappa shape index (κ1) is 17.8. The Bertz CT molecular complexity index is 633. The van der Waals surface area contributed by atoms with Crippen LogP contribution in [0.15, 0.2) is 11.1 Å². The highest BCUT2D eigenvalue weighted by molar-refractivity contribution is 8.15. The van der Waals surface area contributed by atoms with Gasteiger partial charge >= 0.3 is 6.09 Å². The summed E-state index contributed by atoms with van der Waals surface area (Å²) in [5, 5.41) is 17.7. The third kappa shape index (κ3) is 3.48. The molecule has 1 aromatic rings. The molecule has 0 aliphatic heterocycles. The Hall–Kier alpha value is -2.29. The molecule has 0 atom stereocenters. The van der Waals surface area contributed by atoms with Crippen molar-refractivity contribution in [1.29, 1.82) is 5.41 Å². The van der Waals surface area contributed by atoms with E-state index >= 15 is 0 Å². The summed E-state index contributed by atoms with van der Waals surface area (Å²) in [6.45, 7) is 0. The fraction of sp³-hybridized carbons (Fsp3) is 0.308. The molecule has 120 valence electrons. The van der Waals surface area contributed by atoms with Crippen molar-refractivity contribution in [3.63, 3.8) is 0 Å². The molecule has 1 rings (SSSR count). The molecule has 2 N–H and O–H groups in total. The lowest BCUT2D eigenvalue weighted by Gasteiger charge is -2.14. The molecule has 0 unspecified atom stereocenters. The number of methoxy groups -OCH3 is 3. The first-order valence-electron chi connectivity index (χ1n) is 5.84. The zero-order valence-corrected chi connectivity index (χ0v) is 13.2. The Morgan fingerprint density at radius 3 is 2.45 bits per heavy atom. The molecule has 0 aromatic heterocycles. The normalized spacial score (nSPS) is 11.0. The molecule has 0 aliphatic carbocycles. The maximum atomic E-state index is 14.2. The number of benzene rings is 1. The number of aliphatic imine (C=N–C) groups is 1. The SMILES string of the molecule is COC(=O)N=C(SC)C(=N)c1cc(OC)c(OC)c(O)c1F. The Morgan fingerprint density at radius 1 is 1.36 bits per heavy atom. The number of phenolic OH excluding ortho intramolecular Hbond substituents is 1. The number of nitrogens with one attached hydrogen (secondary N) is 1. The van der Waals surface area contributed by atoms with E-state index in [4.69, 9.17) is 14.9 Å². The van der Waals surface area contributed by atoms with E-state index in [1.165, 1.54) is 20.3 Å². The first-order chi connectivity index (χ1) is 10.4.